The monoisotopic (exact) mass is 552 g/mol. The number of carbonyl (C=O) groups is 1. The number of thiazole rings is 1. The molecule has 5 rings (SSSR count). The van der Waals surface area contributed by atoms with Crippen molar-refractivity contribution in [1.29, 1.82) is 0 Å². The van der Waals surface area contributed by atoms with E-state index in [1.54, 1.807) is 30.8 Å². The van der Waals surface area contributed by atoms with Crippen LogP contribution in [0.1, 0.15) is 29.7 Å². The Kier molecular flexibility index (Phi) is 8.07. The molecule has 3 aromatic carbocycles. The first-order valence-electron chi connectivity index (χ1n) is 12.8. The van der Waals surface area contributed by atoms with Crippen LogP contribution in [0.3, 0.4) is 0 Å². The van der Waals surface area contributed by atoms with Crippen LogP contribution in [0.2, 0.25) is 0 Å². The van der Waals surface area contributed by atoms with E-state index >= 15 is 0 Å². The topological polar surface area (TPSA) is 79.1 Å². The van der Waals surface area contributed by atoms with Gasteiger partial charge in [-0.25, -0.2) is 9.79 Å². The third-order valence-corrected chi connectivity index (χ3v) is 7.33. The fraction of sp³-hybridized carbons (Fsp3) is 0.156. The highest BCUT2D eigenvalue weighted by Crippen LogP contribution is 2.36. The largest absolute Gasteiger partial charge is 0.497 e. The minimum atomic E-state index is -0.782. The molecule has 7 nitrogen and oxygen atoms in total. The van der Waals surface area contributed by atoms with Gasteiger partial charge in [-0.3, -0.25) is 9.36 Å². The maximum absolute atomic E-state index is 14.1. The van der Waals surface area contributed by atoms with Crippen molar-refractivity contribution in [3.8, 4) is 11.5 Å². The standard InChI is InChI=1S/C32H28N2O5S/c1-4-18-39-25-17-10-9-14-22(25)20-26-30(35)34-29(23-15-11-16-24(19-23)37-3)27(31(36)38-5-2)28(33-32(34)40-26)21-12-7-6-8-13-21/h4,6-17,19-20,29H,1,5,18H2,2-3H3/b26-20+/t29-/m1/s1. The van der Waals surface area contributed by atoms with Gasteiger partial charge in [0, 0.05) is 11.1 Å². The van der Waals surface area contributed by atoms with Crippen molar-refractivity contribution in [2.24, 2.45) is 4.99 Å². The number of aromatic nitrogens is 1. The zero-order chi connectivity index (χ0) is 28.1. The highest BCUT2D eigenvalue weighted by atomic mass is 32.1. The molecule has 0 fully saturated rings. The van der Waals surface area contributed by atoms with Gasteiger partial charge >= 0.3 is 5.97 Å². The highest BCUT2D eigenvalue weighted by molar-refractivity contribution is 7.07. The Morgan fingerprint density at radius 3 is 2.60 bits per heavy atom. The third kappa shape index (κ3) is 5.26. The molecule has 0 N–H and O–H groups in total. The Bertz CT molecular complexity index is 1770. The predicted molar refractivity (Wildman–Crippen MR) is 156 cm³/mol. The Hall–Kier alpha value is -4.69. The molecule has 8 heteroatoms. The average Bonchev–Trinajstić information content (AvgIpc) is 3.30. The predicted octanol–water partition coefficient (Wildman–Crippen LogP) is 4.51. The number of benzene rings is 3. The van der Waals surface area contributed by atoms with E-state index in [-0.39, 0.29) is 17.7 Å². The van der Waals surface area contributed by atoms with Gasteiger partial charge in [-0.15, -0.1) is 0 Å². The second kappa shape index (κ2) is 12.0. The summed E-state index contributed by atoms with van der Waals surface area (Å²) in [4.78, 5) is 33.0. The molecule has 0 saturated carbocycles. The number of ether oxygens (including phenoxy) is 3. The van der Waals surface area contributed by atoms with Gasteiger partial charge in [-0.05, 0) is 36.8 Å². The number of hydrogen-bond acceptors (Lipinski definition) is 7. The highest BCUT2D eigenvalue weighted by Gasteiger charge is 2.35. The summed E-state index contributed by atoms with van der Waals surface area (Å²) in [5.74, 6) is 0.708. The quantitative estimate of drug-likeness (QED) is 0.226. The zero-order valence-corrected chi connectivity index (χ0v) is 23.0. The molecule has 1 atom stereocenters. The molecule has 0 unspecified atom stereocenters. The van der Waals surface area contributed by atoms with Crippen LogP contribution in [0.15, 0.2) is 107 Å². The molecule has 4 aromatic rings. The Morgan fingerprint density at radius 2 is 1.85 bits per heavy atom. The maximum atomic E-state index is 14.1. The minimum absolute atomic E-state index is 0.182. The van der Waals surface area contributed by atoms with Crippen LogP contribution in [0.5, 0.6) is 11.5 Å². The van der Waals surface area contributed by atoms with Gasteiger partial charge in [0.1, 0.15) is 18.1 Å². The molecule has 0 aliphatic carbocycles. The number of esters is 1. The second-order valence-corrected chi connectivity index (χ2v) is 9.85. The van der Waals surface area contributed by atoms with Crippen molar-refractivity contribution >= 4 is 29.1 Å². The molecule has 1 aliphatic rings. The van der Waals surface area contributed by atoms with E-state index in [9.17, 15) is 9.59 Å². The smallest absolute Gasteiger partial charge is 0.338 e. The maximum Gasteiger partial charge on any atom is 0.338 e. The number of methoxy groups -OCH3 is 1. The van der Waals surface area contributed by atoms with Crippen molar-refractivity contribution in [1.82, 2.24) is 4.57 Å². The lowest BCUT2D eigenvalue weighted by atomic mass is 9.93. The SMILES string of the molecule is C=CCOc1ccccc1/C=c1/sc2n(c1=O)[C@H](c1cccc(OC)c1)C(C(=O)OCC)=C(c1ccccc1)N=2. The van der Waals surface area contributed by atoms with Crippen molar-refractivity contribution in [2.45, 2.75) is 13.0 Å². The Labute approximate surface area is 235 Å². The van der Waals surface area contributed by atoms with Crippen molar-refractivity contribution in [2.75, 3.05) is 20.3 Å². The summed E-state index contributed by atoms with van der Waals surface area (Å²) in [7, 11) is 1.58. The molecule has 0 bridgehead atoms. The average molecular weight is 553 g/mol. The first-order chi connectivity index (χ1) is 19.5. The third-order valence-electron chi connectivity index (χ3n) is 6.35. The fourth-order valence-corrected chi connectivity index (χ4v) is 5.58. The van der Waals surface area contributed by atoms with Crippen LogP contribution < -0.4 is 24.4 Å². The van der Waals surface area contributed by atoms with Crippen LogP contribution in [-0.2, 0) is 9.53 Å². The van der Waals surface area contributed by atoms with Crippen LogP contribution in [0.4, 0.5) is 0 Å². The number of para-hydroxylation sites is 1. The van der Waals surface area contributed by atoms with E-state index in [0.717, 1.165) is 11.1 Å². The molecule has 1 aliphatic heterocycles. The Balaban J connectivity index is 1.81. The summed E-state index contributed by atoms with van der Waals surface area (Å²) in [6.07, 6.45) is 3.46. The van der Waals surface area contributed by atoms with Crippen molar-refractivity contribution < 1.29 is 19.0 Å². The van der Waals surface area contributed by atoms with Gasteiger partial charge in [-0.2, -0.15) is 0 Å². The lowest BCUT2D eigenvalue weighted by molar-refractivity contribution is -0.138. The summed E-state index contributed by atoms with van der Waals surface area (Å²) in [6.45, 7) is 5.99. The van der Waals surface area contributed by atoms with E-state index in [0.29, 0.717) is 38.7 Å². The normalized spacial score (nSPS) is 14.8. The lowest BCUT2D eigenvalue weighted by Gasteiger charge is -2.26. The molecule has 40 heavy (non-hydrogen) atoms. The summed E-state index contributed by atoms with van der Waals surface area (Å²) >= 11 is 1.26. The van der Waals surface area contributed by atoms with Crippen LogP contribution in [0.25, 0.3) is 11.8 Å². The fourth-order valence-electron chi connectivity index (χ4n) is 4.59. The van der Waals surface area contributed by atoms with E-state index in [1.807, 2.05) is 78.9 Å². The summed E-state index contributed by atoms with van der Waals surface area (Å²) in [5.41, 5.74) is 2.68. The van der Waals surface area contributed by atoms with Crippen LogP contribution in [0, 0.1) is 0 Å². The number of carbonyl (C=O) groups excluding carboxylic acids is 1. The molecular weight excluding hydrogens is 524 g/mol. The second-order valence-electron chi connectivity index (χ2n) is 8.85. The molecule has 0 radical (unpaired) electrons. The first kappa shape index (κ1) is 26.9. The van der Waals surface area contributed by atoms with Gasteiger partial charge in [0.25, 0.3) is 5.56 Å². The van der Waals surface area contributed by atoms with E-state index in [4.69, 9.17) is 19.2 Å². The molecule has 0 amide bonds. The van der Waals surface area contributed by atoms with E-state index < -0.39 is 12.0 Å². The Morgan fingerprint density at radius 1 is 1.07 bits per heavy atom. The lowest BCUT2D eigenvalue weighted by Crippen LogP contribution is -2.40. The number of fused-ring (bicyclic) bond motifs is 1. The molecular formula is C32H28N2O5S. The molecule has 0 saturated heterocycles. The number of hydrogen-bond donors (Lipinski definition) is 0. The molecule has 0 spiro atoms. The van der Waals surface area contributed by atoms with Gasteiger partial charge < -0.3 is 14.2 Å². The minimum Gasteiger partial charge on any atom is -0.497 e. The van der Waals surface area contributed by atoms with Gasteiger partial charge in [0.2, 0.25) is 0 Å². The van der Waals surface area contributed by atoms with E-state index in [2.05, 4.69) is 6.58 Å². The summed E-state index contributed by atoms with van der Waals surface area (Å²) < 4.78 is 18.8. The van der Waals surface area contributed by atoms with E-state index in [1.165, 1.54) is 11.3 Å². The van der Waals surface area contributed by atoms with Crippen molar-refractivity contribution in [3.05, 3.63) is 133 Å². The summed E-state index contributed by atoms with van der Waals surface area (Å²) in [5, 5.41) is 0. The van der Waals surface area contributed by atoms with Crippen LogP contribution >= 0.6 is 11.3 Å². The van der Waals surface area contributed by atoms with Gasteiger partial charge in [0.05, 0.1) is 35.6 Å². The number of nitrogens with zero attached hydrogens (tertiary/aromatic N) is 2. The molecule has 2 heterocycles. The number of rotatable bonds is 9. The van der Waals surface area contributed by atoms with Crippen molar-refractivity contribution in [3.63, 3.8) is 0 Å². The molecule has 202 valence electrons. The summed E-state index contributed by atoms with van der Waals surface area (Å²) in [6, 6.07) is 23.5. The van der Waals surface area contributed by atoms with Gasteiger partial charge in [0.15, 0.2) is 4.80 Å². The molecule has 1 aromatic heterocycles. The first-order valence-corrected chi connectivity index (χ1v) is 13.6. The zero-order valence-electron chi connectivity index (χ0n) is 22.2. The van der Waals surface area contributed by atoms with Crippen LogP contribution in [-0.4, -0.2) is 30.9 Å². The van der Waals surface area contributed by atoms with Gasteiger partial charge in [-0.1, -0.05) is 84.7 Å².